The second-order valence-electron chi connectivity index (χ2n) is 6.46. The Balaban J connectivity index is 2.13. The van der Waals surface area contributed by atoms with Crippen LogP contribution in [0.25, 0.3) is 0 Å². The molecule has 1 unspecified atom stereocenters. The quantitative estimate of drug-likeness (QED) is 0.806. The van der Waals surface area contributed by atoms with E-state index in [1.54, 1.807) is 23.1 Å². The Hall–Kier alpha value is -2.77. The zero-order valence-electron chi connectivity index (χ0n) is 15.3. The van der Waals surface area contributed by atoms with Crippen LogP contribution < -0.4 is 10.1 Å². The van der Waals surface area contributed by atoms with Crippen LogP contribution >= 0.6 is 0 Å². The van der Waals surface area contributed by atoms with Crippen molar-refractivity contribution in [3.63, 3.8) is 0 Å². The van der Waals surface area contributed by atoms with Crippen molar-refractivity contribution in [2.24, 2.45) is 5.92 Å². The van der Waals surface area contributed by atoms with Gasteiger partial charge in [0.25, 0.3) is 5.91 Å². The lowest BCUT2D eigenvalue weighted by molar-refractivity contribution is -0.141. The molecule has 1 saturated heterocycles. The maximum absolute atomic E-state index is 12.5. The molecule has 0 radical (unpaired) electrons. The summed E-state index contributed by atoms with van der Waals surface area (Å²) >= 11 is 0. The minimum Gasteiger partial charge on any atom is -0.495 e. The molecule has 0 bridgehead atoms. The molecule has 26 heavy (non-hydrogen) atoms. The second-order valence-corrected chi connectivity index (χ2v) is 6.46. The highest BCUT2D eigenvalue weighted by atomic mass is 16.5. The van der Waals surface area contributed by atoms with Crippen molar-refractivity contribution < 1.29 is 24.2 Å². The van der Waals surface area contributed by atoms with Crippen molar-refractivity contribution in [3.8, 4) is 5.75 Å². The number of anilines is 1. The fraction of sp³-hybridized carbons (Fsp3) is 0.500. The third-order valence-electron chi connectivity index (χ3n) is 4.40. The number of amides is 3. The van der Waals surface area contributed by atoms with Gasteiger partial charge in [-0.15, -0.1) is 0 Å². The van der Waals surface area contributed by atoms with E-state index in [9.17, 15) is 14.4 Å². The first-order valence-electron chi connectivity index (χ1n) is 8.55. The smallest absolute Gasteiger partial charge is 0.321 e. The SMILES string of the molecule is COc1ccc(C(=O)N2CCCC2)cc1NC(=O)N(C)CC(C)C(=O)O. The molecule has 1 atom stereocenters. The van der Waals surface area contributed by atoms with Gasteiger partial charge >= 0.3 is 12.0 Å². The zero-order valence-corrected chi connectivity index (χ0v) is 15.3. The Morgan fingerprint density at radius 3 is 2.54 bits per heavy atom. The van der Waals surface area contributed by atoms with E-state index < -0.39 is 17.9 Å². The predicted octanol–water partition coefficient (Wildman–Crippen LogP) is 2.12. The monoisotopic (exact) mass is 363 g/mol. The number of benzene rings is 1. The molecular formula is C18H25N3O5. The van der Waals surface area contributed by atoms with Crippen LogP contribution in [-0.4, -0.2) is 66.6 Å². The second kappa shape index (κ2) is 8.55. The van der Waals surface area contributed by atoms with Crippen molar-refractivity contribution in [2.45, 2.75) is 19.8 Å². The molecule has 8 heteroatoms. The van der Waals surface area contributed by atoms with E-state index in [4.69, 9.17) is 9.84 Å². The van der Waals surface area contributed by atoms with E-state index in [1.807, 2.05) is 0 Å². The zero-order chi connectivity index (χ0) is 19.3. The first kappa shape index (κ1) is 19.6. The number of hydrogen-bond acceptors (Lipinski definition) is 4. The first-order chi connectivity index (χ1) is 12.3. The number of hydrogen-bond donors (Lipinski definition) is 2. The van der Waals surface area contributed by atoms with Gasteiger partial charge in [-0.1, -0.05) is 6.92 Å². The first-order valence-corrected chi connectivity index (χ1v) is 8.55. The number of carbonyl (C=O) groups is 3. The standard InChI is InChI=1S/C18H25N3O5/c1-12(17(23)24)11-20(2)18(25)19-14-10-13(6-7-15(14)26-3)16(22)21-8-4-5-9-21/h6-7,10,12H,4-5,8-9,11H2,1-3H3,(H,19,25)(H,23,24). The number of carboxylic acids is 1. The Morgan fingerprint density at radius 2 is 1.96 bits per heavy atom. The Bertz CT molecular complexity index is 685. The maximum atomic E-state index is 12.5. The lowest BCUT2D eigenvalue weighted by Gasteiger charge is -2.21. The van der Waals surface area contributed by atoms with E-state index >= 15 is 0 Å². The molecule has 0 aromatic heterocycles. The van der Waals surface area contributed by atoms with Gasteiger partial charge in [0.1, 0.15) is 5.75 Å². The van der Waals surface area contributed by atoms with E-state index in [2.05, 4.69) is 5.32 Å². The van der Waals surface area contributed by atoms with Crippen LogP contribution in [0.2, 0.25) is 0 Å². The molecule has 0 saturated carbocycles. The summed E-state index contributed by atoms with van der Waals surface area (Å²) in [4.78, 5) is 38.9. The molecular weight excluding hydrogens is 338 g/mol. The van der Waals surface area contributed by atoms with Crippen LogP contribution in [-0.2, 0) is 4.79 Å². The van der Waals surface area contributed by atoms with Crippen molar-refractivity contribution in [1.29, 1.82) is 0 Å². The molecule has 1 aromatic carbocycles. The van der Waals surface area contributed by atoms with Gasteiger partial charge in [0.05, 0.1) is 18.7 Å². The number of carbonyl (C=O) groups excluding carboxylic acids is 2. The molecule has 142 valence electrons. The number of nitrogens with one attached hydrogen (secondary N) is 1. The maximum Gasteiger partial charge on any atom is 0.321 e. The molecule has 0 aliphatic carbocycles. The van der Waals surface area contributed by atoms with Crippen LogP contribution in [0.4, 0.5) is 10.5 Å². The molecule has 1 aliphatic rings. The summed E-state index contributed by atoms with van der Waals surface area (Å²) in [6, 6.07) is 4.43. The molecule has 1 heterocycles. The Morgan fingerprint density at radius 1 is 1.31 bits per heavy atom. The fourth-order valence-corrected chi connectivity index (χ4v) is 2.82. The van der Waals surface area contributed by atoms with Crippen LogP contribution in [0.1, 0.15) is 30.1 Å². The van der Waals surface area contributed by atoms with Gasteiger partial charge in [0.2, 0.25) is 0 Å². The lowest BCUT2D eigenvalue weighted by Crippen LogP contribution is -2.36. The molecule has 1 aliphatic heterocycles. The number of urea groups is 1. The number of methoxy groups -OCH3 is 1. The van der Waals surface area contributed by atoms with Gasteiger partial charge in [0, 0.05) is 32.2 Å². The van der Waals surface area contributed by atoms with E-state index in [-0.39, 0.29) is 12.5 Å². The van der Waals surface area contributed by atoms with Gasteiger partial charge < -0.3 is 25.0 Å². The molecule has 2 rings (SSSR count). The summed E-state index contributed by atoms with van der Waals surface area (Å²) in [5.74, 6) is -1.30. The molecule has 1 aromatic rings. The van der Waals surface area contributed by atoms with E-state index in [0.717, 1.165) is 25.9 Å². The predicted molar refractivity (Wildman–Crippen MR) is 96.6 cm³/mol. The van der Waals surface area contributed by atoms with Crippen molar-refractivity contribution >= 4 is 23.6 Å². The minimum atomic E-state index is -0.972. The van der Waals surface area contributed by atoms with E-state index in [0.29, 0.717) is 17.0 Å². The number of carboxylic acid groups (broad SMARTS) is 1. The molecule has 2 N–H and O–H groups in total. The van der Waals surface area contributed by atoms with Gasteiger partial charge in [-0.25, -0.2) is 4.79 Å². The van der Waals surface area contributed by atoms with Crippen LogP contribution in [0, 0.1) is 5.92 Å². The highest BCUT2D eigenvalue weighted by Crippen LogP contribution is 2.27. The van der Waals surface area contributed by atoms with Gasteiger partial charge in [-0.2, -0.15) is 0 Å². The highest BCUT2D eigenvalue weighted by Gasteiger charge is 2.22. The summed E-state index contributed by atoms with van der Waals surface area (Å²) in [6.07, 6.45) is 2.00. The number of aliphatic carboxylic acids is 1. The number of ether oxygens (including phenoxy) is 1. The van der Waals surface area contributed by atoms with Gasteiger partial charge in [0.15, 0.2) is 0 Å². The van der Waals surface area contributed by atoms with E-state index in [1.165, 1.54) is 26.0 Å². The topological polar surface area (TPSA) is 99.2 Å². The molecule has 1 fully saturated rings. The third-order valence-corrected chi connectivity index (χ3v) is 4.40. The van der Waals surface area contributed by atoms with Gasteiger partial charge in [-0.05, 0) is 31.0 Å². The summed E-state index contributed by atoms with van der Waals surface area (Å²) in [5, 5.41) is 11.7. The largest absolute Gasteiger partial charge is 0.495 e. The normalized spacial score (nSPS) is 14.7. The van der Waals surface area contributed by atoms with Crippen molar-refractivity contribution in [3.05, 3.63) is 23.8 Å². The summed E-state index contributed by atoms with van der Waals surface area (Å²) in [6.45, 7) is 3.07. The van der Waals surface area contributed by atoms with Crippen LogP contribution in [0.3, 0.4) is 0 Å². The number of rotatable bonds is 6. The molecule has 8 nitrogen and oxygen atoms in total. The van der Waals surface area contributed by atoms with Crippen molar-refractivity contribution in [1.82, 2.24) is 9.80 Å². The average molecular weight is 363 g/mol. The lowest BCUT2D eigenvalue weighted by atomic mass is 10.1. The van der Waals surface area contributed by atoms with Crippen LogP contribution in [0.15, 0.2) is 18.2 Å². The number of likely N-dealkylation sites (tertiary alicyclic amines) is 1. The van der Waals surface area contributed by atoms with Crippen LogP contribution in [0.5, 0.6) is 5.75 Å². The molecule has 0 spiro atoms. The average Bonchev–Trinajstić information content (AvgIpc) is 3.15. The summed E-state index contributed by atoms with van der Waals surface area (Å²) < 4.78 is 5.25. The third kappa shape index (κ3) is 4.65. The van der Waals surface area contributed by atoms with Gasteiger partial charge in [-0.3, -0.25) is 9.59 Å². The number of nitrogens with zero attached hydrogens (tertiary/aromatic N) is 2. The minimum absolute atomic E-state index is 0.0654. The van der Waals surface area contributed by atoms with Crippen molar-refractivity contribution in [2.75, 3.05) is 39.1 Å². The summed E-state index contributed by atoms with van der Waals surface area (Å²) in [7, 11) is 2.99. The Kier molecular flexibility index (Phi) is 6.43. The molecule has 3 amide bonds. The fourth-order valence-electron chi connectivity index (χ4n) is 2.82. The summed E-state index contributed by atoms with van der Waals surface area (Å²) in [5.41, 5.74) is 0.849. The Labute approximate surface area is 152 Å². The highest BCUT2D eigenvalue weighted by molar-refractivity contribution is 5.98.